The maximum Gasteiger partial charge on any atom is 0.318 e. The third kappa shape index (κ3) is 3.61. The van der Waals surface area contributed by atoms with Crippen molar-refractivity contribution in [2.24, 2.45) is 5.92 Å². The van der Waals surface area contributed by atoms with Gasteiger partial charge in [0.05, 0.1) is 17.3 Å². The van der Waals surface area contributed by atoms with Crippen molar-refractivity contribution >= 4 is 17.4 Å². The quantitative estimate of drug-likeness (QED) is 0.400. The lowest BCUT2D eigenvalue weighted by Gasteiger charge is -2.49. The first-order valence-corrected chi connectivity index (χ1v) is 15.1. The number of ether oxygens (including phenoxy) is 1. The molecule has 1 saturated carbocycles. The zero-order valence-electron chi connectivity index (χ0n) is 22.7. The highest BCUT2D eigenvalue weighted by molar-refractivity contribution is 6.31. The number of fused-ring (bicyclic) bond motifs is 6. The summed E-state index contributed by atoms with van der Waals surface area (Å²) in [4.78, 5) is 15.3. The molecule has 7 rings (SSSR count). The van der Waals surface area contributed by atoms with Gasteiger partial charge < -0.3 is 9.64 Å². The summed E-state index contributed by atoms with van der Waals surface area (Å²) in [6.07, 6.45) is 9.45. The van der Waals surface area contributed by atoms with Gasteiger partial charge in [0.2, 0.25) is 0 Å². The number of anilines is 1. The van der Waals surface area contributed by atoms with Gasteiger partial charge in [0, 0.05) is 54.0 Å². The van der Waals surface area contributed by atoms with Crippen LogP contribution in [0.2, 0.25) is 5.02 Å². The largest absolute Gasteiger partial charge is 0.461 e. The van der Waals surface area contributed by atoms with Crippen LogP contribution in [0, 0.1) is 17.2 Å². The van der Waals surface area contributed by atoms with Crippen molar-refractivity contribution in [3.05, 3.63) is 45.6 Å². The Morgan fingerprint density at radius 2 is 2.05 bits per heavy atom. The van der Waals surface area contributed by atoms with Crippen molar-refractivity contribution in [2.45, 2.75) is 94.5 Å². The minimum absolute atomic E-state index is 0.0597. The van der Waals surface area contributed by atoms with Gasteiger partial charge in [-0.1, -0.05) is 30.7 Å². The van der Waals surface area contributed by atoms with Gasteiger partial charge in [-0.2, -0.15) is 15.2 Å². The molecule has 5 atom stereocenters. The molecule has 0 bridgehead atoms. The predicted molar refractivity (Wildman–Crippen MR) is 149 cm³/mol. The topological polar surface area (TPSA) is 65.3 Å². The van der Waals surface area contributed by atoms with E-state index in [9.17, 15) is 0 Å². The average Bonchev–Trinajstić information content (AvgIpc) is 3.47. The van der Waals surface area contributed by atoms with Crippen LogP contribution in [0.25, 0.3) is 0 Å². The van der Waals surface area contributed by atoms with E-state index in [1.54, 1.807) is 0 Å². The summed E-state index contributed by atoms with van der Waals surface area (Å²) in [6, 6.07) is 10.1. The van der Waals surface area contributed by atoms with Crippen LogP contribution in [0.4, 0.5) is 5.82 Å². The molecule has 2 aliphatic heterocycles. The van der Waals surface area contributed by atoms with Crippen LogP contribution in [-0.2, 0) is 18.3 Å². The molecule has 0 amide bonds. The molecule has 6 nitrogen and oxygen atoms in total. The van der Waals surface area contributed by atoms with Gasteiger partial charge in [0.25, 0.3) is 0 Å². The van der Waals surface area contributed by atoms with Crippen molar-refractivity contribution < 1.29 is 4.74 Å². The number of rotatable bonds is 8. The second-order valence-corrected chi connectivity index (χ2v) is 12.8. The minimum Gasteiger partial charge on any atom is -0.461 e. The van der Waals surface area contributed by atoms with E-state index in [1.165, 1.54) is 42.5 Å². The highest BCUT2D eigenvalue weighted by Gasteiger charge is 2.64. The fourth-order valence-corrected chi connectivity index (χ4v) is 8.75. The first-order valence-electron chi connectivity index (χ1n) is 14.7. The second kappa shape index (κ2) is 9.10. The van der Waals surface area contributed by atoms with Crippen molar-refractivity contribution in [1.29, 1.82) is 5.26 Å². The van der Waals surface area contributed by atoms with E-state index in [0.717, 1.165) is 73.7 Å². The van der Waals surface area contributed by atoms with Crippen LogP contribution in [0.15, 0.2) is 18.2 Å². The fraction of sp³-hybridized carbons (Fsp3) is 0.645. The summed E-state index contributed by atoms with van der Waals surface area (Å²) < 4.78 is 6.53. The Kier molecular flexibility index (Phi) is 5.91. The van der Waals surface area contributed by atoms with Crippen LogP contribution in [0.3, 0.4) is 0 Å². The van der Waals surface area contributed by atoms with Crippen molar-refractivity contribution in [3.63, 3.8) is 0 Å². The van der Waals surface area contributed by atoms with E-state index in [1.807, 2.05) is 6.07 Å². The van der Waals surface area contributed by atoms with Crippen molar-refractivity contribution in [3.8, 4) is 12.1 Å². The number of halogens is 1. The van der Waals surface area contributed by atoms with E-state index in [0.29, 0.717) is 19.0 Å². The molecule has 7 heteroatoms. The Morgan fingerprint density at radius 1 is 1.21 bits per heavy atom. The van der Waals surface area contributed by atoms with Gasteiger partial charge in [-0.25, -0.2) is 0 Å². The summed E-state index contributed by atoms with van der Waals surface area (Å²) in [7, 11) is 0. The molecule has 3 fully saturated rings. The normalized spacial score (nSPS) is 32.1. The third-order valence-corrected chi connectivity index (χ3v) is 11.1. The lowest BCUT2D eigenvalue weighted by molar-refractivity contribution is -0.0334. The number of hydrogen-bond acceptors (Lipinski definition) is 6. The zero-order chi connectivity index (χ0) is 26.1. The lowest BCUT2D eigenvalue weighted by atomic mass is 9.63. The summed E-state index contributed by atoms with van der Waals surface area (Å²) in [5.74, 6) is 2.16. The molecular formula is C31H38ClN5O. The molecule has 1 unspecified atom stereocenters. The average molecular weight is 532 g/mol. The molecular weight excluding hydrogens is 494 g/mol. The van der Waals surface area contributed by atoms with Gasteiger partial charge in [-0.3, -0.25) is 4.90 Å². The molecule has 1 spiro atoms. The van der Waals surface area contributed by atoms with Gasteiger partial charge >= 0.3 is 6.01 Å². The summed E-state index contributed by atoms with van der Waals surface area (Å²) in [6.45, 7) is 8.12. The first-order chi connectivity index (χ1) is 18.5. The molecule has 1 aromatic heterocycles. The highest BCUT2D eigenvalue weighted by atomic mass is 35.5. The Bertz CT molecular complexity index is 1310. The summed E-state index contributed by atoms with van der Waals surface area (Å²) in [5, 5.41) is 10.0. The number of piperidine rings is 1. The van der Waals surface area contributed by atoms with E-state index >= 15 is 0 Å². The van der Waals surface area contributed by atoms with E-state index in [2.05, 4.69) is 41.8 Å². The number of unbranched alkanes of at least 4 members (excludes halogenated alkanes) is 1. The van der Waals surface area contributed by atoms with Gasteiger partial charge in [-0.15, -0.1) is 0 Å². The summed E-state index contributed by atoms with van der Waals surface area (Å²) in [5.41, 5.74) is 5.44. The van der Waals surface area contributed by atoms with Gasteiger partial charge in [0.15, 0.2) is 0 Å². The Morgan fingerprint density at radius 3 is 2.79 bits per heavy atom. The van der Waals surface area contributed by atoms with Crippen LogP contribution < -0.4 is 9.64 Å². The van der Waals surface area contributed by atoms with E-state index < -0.39 is 0 Å². The predicted octanol–water partition coefficient (Wildman–Crippen LogP) is 5.81. The lowest BCUT2D eigenvalue weighted by Crippen LogP contribution is -2.61. The number of aromatic nitrogens is 2. The standard InChI is InChI=1S/C31H38ClN5O/c1-3-36(15-5-4-14-33)28-23-10-12-31(11-9-22-24(31)7-6-8-25(22)32)20(2)27(23)34-29(35-28)38-19-30-13-16-37(30)26-17-21(26)18-30/h6-8,20-21,26H,3-5,9-13,15-19H2,1-2H3/t20-,21?,26+,30+,31-/m0/s1. The molecule has 2 aromatic rings. The maximum atomic E-state index is 9.13. The minimum atomic E-state index is 0.0597. The highest BCUT2D eigenvalue weighted by Crippen LogP contribution is 2.59. The molecule has 5 aliphatic rings. The van der Waals surface area contributed by atoms with E-state index in [-0.39, 0.29) is 16.9 Å². The third-order valence-electron chi connectivity index (χ3n) is 10.8. The Labute approximate surface area is 231 Å². The number of hydrogen-bond donors (Lipinski definition) is 0. The fourth-order valence-electron chi connectivity index (χ4n) is 8.48. The molecule has 3 heterocycles. The molecule has 0 radical (unpaired) electrons. The van der Waals surface area contributed by atoms with Crippen molar-refractivity contribution in [1.82, 2.24) is 14.9 Å². The van der Waals surface area contributed by atoms with Gasteiger partial charge in [0.1, 0.15) is 12.4 Å². The molecule has 200 valence electrons. The SMILES string of the molecule is CCN(CCCC#N)c1nc(OC[C@]23CCN2[C@@H]2CC2C3)nc2c1CC[C@@]1(CCc3c(Cl)cccc31)[C@H]2C. The smallest absolute Gasteiger partial charge is 0.318 e. The molecule has 1 aromatic carbocycles. The maximum absolute atomic E-state index is 9.13. The Hall–Kier alpha value is -2.36. The van der Waals surface area contributed by atoms with Crippen LogP contribution >= 0.6 is 11.6 Å². The number of benzene rings is 1. The van der Waals surface area contributed by atoms with Crippen LogP contribution in [0.5, 0.6) is 6.01 Å². The first kappa shape index (κ1) is 24.7. The van der Waals surface area contributed by atoms with Crippen LogP contribution in [-0.4, -0.2) is 52.7 Å². The monoisotopic (exact) mass is 531 g/mol. The molecule has 0 N–H and O–H groups in total. The molecule has 38 heavy (non-hydrogen) atoms. The van der Waals surface area contributed by atoms with Crippen LogP contribution in [0.1, 0.15) is 87.1 Å². The van der Waals surface area contributed by atoms with E-state index in [4.69, 9.17) is 31.6 Å². The van der Waals surface area contributed by atoms with Crippen molar-refractivity contribution in [2.75, 3.05) is 31.1 Å². The zero-order valence-corrected chi connectivity index (χ0v) is 23.4. The number of nitrogens with zero attached hydrogens (tertiary/aromatic N) is 5. The molecule has 2 saturated heterocycles. The second-order valence-electron chi connectivity index (χ2n) is 12.4. The number of nitriles is 1. The molecule has 3 aliphatic carbocycles. The summed E-state index contributed by atoms with van der Waals surface area (Å²) >= 11 is 6.66. The Balaban J connectivity index is 1.24. The van der Waals surface area contributed by atoms with Gasteiger partial charge in [-0.05, 0) is 81.4 Å².